The maximum atomic E-state index is 12.0. The summed E-state index contributed by atoms with van der Waals surface area (Å²) >= 11 is 0. The third-order valence-corrected chi connectivity index (χ3v) is 3.81. The molecular weight excluding hydrogens is 376 g/mol. The van der Waals surface area contributed by atoms with Gasteiger partial charge in [0.2, 0.25) is 0 Å². The van der Waals surface area contributed by atoms with Gasteiger partial charge in [0.15, 0.2) is 34.6 Å². The molecule has 0 aromatic carbocycles. The molecule has 0 atom stereocenters. The van der Waals surface area contributed by atoms with Crippen molar-refractivity contribution in [3.63, 3.8) is 0 Å². The second-order valence-electron chi connectivity index (χ2n) is 5.70. The molecule has 2 heterocycles. The van der Waals surface area contributed by atoms with Crippen LogP contribution in [0.5, 0.6) is 23.0 Å². The first-order valence-electron chi connectivity index (χ1n) is 8.58. The number of methoxy groups -OCH3 is 4. The molecule has 2 aromatic heterocycles. The van der Waals surface area contributed by atoms with Crippen molar-refractivity contribution in [3.8, 4) is 23.0 Å². The fourth-order valence-electron chi connectivity index (χ4n) is 2.33. The van der Waals surface area contributed by atoms with Crippen molar-refractivity contribution in [1.29, 1.82) is 0 Å². The molecule has 0 unspecified atom stereocenters. The quantitative estimate of drug-likeness (QED) is 0.445. The third-order valence-electron chi connectivity index (χ3n) is 3.81. The van der Waals surface area contributed by atoms with E-state index in [4.69, 9.17) is 18.9 Å². The fourth-order valence-corrected chi connectivity index (χ4v) is 2.33. The Morgan fingerprint density at radius 2 is 1.10 bits per heavy atom. The Hall–Kier alpha value is -3.68. The molecule has 29 heavy (non-hydrogen) atoms. The van der Waals surface area contributed by atoms with Crippen LogP contribution in [0, 0.1) is 0 Å². The average Bonchev–Trinajstić information content (AvgIpc) is 2.75. The van der Waals surface area contributed by atoms with Gasteiger partial charge in [-0.05, 0) is 24.3 Å². The molecule has 0 aliphatic heterocycles. The number of rotatable bonds is 10. The Kier molecular flexibility index (Phi) is 7.90. The van der Waals surface area contributed by atoms with E-state index in [9.17, 15) is 9.59 Å². The summed E-state index contributed by atoms with van der Waals surface area (Å²) in [4.78, 5) is 32.3. The summed E-state index contributed by atoms with van der Waals surface area (Å²) in [6, 6.07) is 3.26. The number of carbonyl (C=O) groups is 2. The highest BCUT2D eigenvalue weighted by Gasteiger charge is 2.08. The summed E-state index contributed by atoms with van der Waals surface area (Å²) in [7, 11) is 6.04. The standard InChI is InChI=1S/C21H22N2O6/c1-26-18-9-14(22-12-20(18)28-3)5-7-16(24)11-17(25)8-6-15-10-19(27-2)21(29-4)13-23-15/h5-10,12-13H,11H2,1-4H3/b7-5+,8-6+. The molecule has 0 fully saturated rings. The van der Waals surface area contributed by atoms with Crippen molar-refractivity contribution in [2.45, 2.75) is 6.42 Å². The summed E-state index contributed by atoms with van der Waals surface area (Å²) in [5.74, 6) is 1.26. The lowest BCUT2D eigenvalue weighted by atomic mass is 10.1. The van der Waals surface area contributed by atoms with Crippen LogP contribution in [0.1, 0.15) is 17.8 Å². The topological polar surface area (TPSA) is 96.8 Å². The minimum absolute atomic E-state index is 0.270. The number of nitrogens with zero attached hydrogens (tertiary/aromatic N) is 2. The van der Waals surface area contributed by atoms with Gasteiger partial charge >= 0.3 is 0 Å². The van der Waals surface area contributed by atoms with Gasteiger partial charge in [0.1, 0.15) is 0 Å². The highest BCUT2D eigenvalue weighted by molar-refractivity contribution is 6.10. The van der Waals surface area contributed by atoms with Gasteiger partial charge in [0, 0.05) is 12.1 Å². The molecule has 0 spiro atoms. The Labute approximate surface area is 168 Å². The maximum absolute atomic E-state index is 12.0. The summed E-state index contributed by atoms with van der Waals surface area (Å²) in [6.45, 7) is 0. The molecule has 0 saturated carbocycles. The average molecular weight is 398 g/mol. The van der Waals surface area contributed by atoms with E-state index in [2.05, 4.69) is 9.97 Å². The number of ether oxygens (including phenoxy) is 4. The van der Waals surface area contributed by atoms with Gasteiger partial charge in [-0.25, -0.2) is 0 Å². The number of carbonyl (C=O) groups excluding carboxylic acids is 2. The first kappa shape index (κ1) is 21.6. The highest BCUT2D eigenvalue weighted by atomic mass is 16.5. The van der Waals surface area contributed by atoms with Crippen molar-refractivity contribution in [1.82, 2.24) is 9.97 Å². The van der Waals surface area contributed by atoms with Crippen LogP contribution < -0.4 is 18.9 Å². The van der Waals surface area contributed by atoms with E-state index in [-0.39, 0.29) is 18.0 Å². The number of hydrogen-bond donors (Lipinski definition) is 0. The van der Waals surface area contributed by atoms with Crippen LogP contribution in [0.4, 0.5) is 0 Å². The molecule has 8 nitrogen and oxygen atoms in total. The van der Waals surface area contributed by atoms with E-state index < -0.39 is 0 Å². The molecule has 0 saturated heterocycles. The Balaban J connectivity index is 1.97. The van der Waals surface area contributed by atoms with E-state index in [1.807, 2.05) is 0 Å². The molecule has 2 rings (SSSR count). The second-order valence-corrected chi connectivity index (χ2v) is 5.70. The lowest BCUT2D eigenvalue weighted by molar-refractivity contribution is -0.121. The SMILES string of the molecule is COc1cnc(/C=C/C(=O)CC(=O)/C=C/c2cc(OC)c(OC)cn2)cc1OC. The van der Waals surface area contributed by atoms with Gasteiger partial charge in [-0.1, -0.05) is 0 Å². The molecule has 0 aliphatic carbocycles. The summed E-state index contributed by atoms with van der Waals surface area (Å²) in [5.41, 5.74) is 1.02. The summed E-state index contributed by atoms with van der Waals surface area (Å²) < 4.78 is 20.6. The summed E-state index contributed by atoms with van der Waals surface area (Å²) in [5, 5.41) is 0. The van der Waals surface area contributed by atoms with Crippen molar-refractivity contribution in [2.75, 3.05) is 28.4 Å². The van der Waals surface area contributed by atoms with Crippen molar-refractivity contribution in [2.24, 2.45) is 0 Å². The normalized spacial score (nSPS) is 10.9. The summed E-state index contributed by atoms with van der Waals surface area (Å²) in [6.07, 6.45) is 8.34. The molecule has 152 valence electrons. The van der Waals surface area contributed by atoms with Gasteiger partial charge in [-0.2, -0.15) is 0 Å². The van der Waals surface area contributed by atoms with E-state index in [1.165, 1.54) is 65.1 Å². The van der Waals surface area contributed by atoms with Crippen molar-refractivity contribution in [3.05, 3.63) is 48.1 Å². The number of allylic oxidation sites excluding steroid dienone is 2. The lowest BCUT2D eigenvalue weighted by Crippen LogP contribution is -2.02. The van der Waals surface area contributed by atoms with Crippen LogP contribution in [0.15, 0.2) is 36.7 Å². The first-order chi connectivity index (χ1) is 14.0. The maximum Gasteiger partial charge on any atom is 0.179 e. The Morgan fingerprint density at radius 1 is 0.724 bits per heavy atom. The predicted molar refractivity (Wildman–Crippen MR) is 107 cm³/mol. The monoisotopic (exact) mass is 398 g/mol. The Bertz CT molecular complexity index is 861. The second kappa shape index (κ2) is 10.6. The van der Waals surface area contributed by atoms with Gasteiger partial charge in [-0.15, -0.1) is 0 Å². The van der Waals surface area contributed by atoms with Gasteiger partial charge in [-0.3, -0.25) is 19.6 Å². The zero-order valence-electron chi connectivity index (χ0n) is 16.7. The highest BCUT2D eigenvalue weighted by Crippen LogP contribution is 2.27. The largest absolute Gasteiger partial charge is 0.493 e. The first-order valence-corrected chi connectivity index (χ1v) is 8.58. The van der Waals surface area contributed by atoms with Gasteiger partial charge in [0.25, 0.3) is 0 Å². The van der Waals surface area contributed by atoms with E-state index in [0.29, 0.717) is 34.4 Å². The fraction of sp³-hybridized carbons (Fsp3) is 0.238. The minimum atomic E-state index is -0.350. The third kappa shape index (κ3) is 6.17. The van der Waals surface area contributed by atoms with Crippen LogP contribution >= 0.6 is 0 Å². The predicted octanol–water partition coefficient (Wildman–Crippen LogP) is 2.77. The molecule has 0 bridgehead atoms. The Morgan fingerprint density at radius 3 is 1.45 bits per heavy atom. The zero-order chi connectivity index (χ0) is 21.2. The van der Waals surface area contributed by atoms with Crippen LogP contribution in [0.25, 0.3) is 12.2 Å². The number of pyridine rings is 2. The van der Waals surface area contributed by atoms with E-state index in [0.717, 1.165) is 0 Å². The molecule has 0 amide bonds. The van der Waals surface area contributed by atoms with Crippen LogP contribution in [0.3, 0.4) is 0 Å². The van der Waals surface area contributed by atoms with Crippen molar-refractivity contribution < 1.29 is 28.5 Å². The smallest absolute Gasteiger partial charge is 0.179 e. The minimum Gasteiger partial charge on any atom is -0.493 e. The van der Waals surface area contributed by atoms with Crippen LogP contribution in [-0.4, -0.2) is 50.0 Å². The van der Waals surface area contributed by atoms with E-state index >= 15 is 0 Å². The zero-order valence-corrected chi connectivity index (χ0v) is 16.7. The van der Waals surface area contributed by atoms with Gasteiger partial charge in [0.05, 0.1) is 58.6 Å². The number of ketones is 2. The molecule has 0 N–H and O–H groups in total. The molecule has 0 radical (unpaired) electrons. The molecule has 0 aliphatic rings. The number of hydrogen-bond acceptors (Lipinski definition) is 8. The molecular formula is C21H22N2O6. The van der Waals surface area contributed by atoms with Crippen LogP contribution in [0.2, 0.25) is 0 Å². The lowest BCUT2D eigenvalue weighted by Gasteiger charge is -2.06. The van der Waals surface area contributed by atoms with Crippen molar-refractivity contribution >= 4 is 23.7 Å². The van der Waals surface area contributed by atoms with E-state index in [1.54, 1.807) is 12.1 Å². The molecule has 8 heteroatoms. The van der Waals surface area contributed by atoms with Gasteiger partial charge < -0.3 is 18.9 Å². The van der Waals surface area contributed by atoms with Crippen LogP contribution in [-0.2, 0) is 9.59 Å². The number of aromatic nitrogens is 2. The molecule has 2 aromatic rings.